The minimum absolute atomic E-state index is 0.522. The number of hydrogen-bond donors (Lipinski definition) is 0. The first-order valence-electron chi connectivity index (χ1n) is 26.1. The van der Waals surface area contributed by atoms with Gasteiger partial charge in [0.15, 0.2) is 11.6 Å². The lowest BCUT2D eigenvalue weighted by molar-refractivity contribution is 0.669. The van der Waals surface area contributed by atoms with E-state index in [2.05, 4.69) is 246 Å². The number of hydrogen-bond acceptors (Lipinski definition) is 4. The molecule has 0 saturated heterocycles. The highest BCUT2D eigenvalue weighted by Crippen LogP contribution is 2.48. The lowest BCUT2D eigenvalue weighted by Gasteiger charge is -2.14. The molecule has 16 rings (SSSR count). The second-order valence-corrected chi connectivity index (χ2v) is 19.9. The van der Waals surface area contributed by atoms with Gasteiger partial charge in [-0.1, -0.05) is 206 Å². The Balaban J connectivity index is 1.02. The van der Waals surface area contributed by atoms with Crippen LogP contribution in [0.4, 0.5) is 0 Å². The Morgan fingerprint density at radius 3 is 1.42 bits per heavy atom. The van der Waals surface area contributed by atoms with Crippen molar-refractivity contribution < 1.29 is 4.42 Å². The molecule has 0 fully saturated rings. The van der Waals surface area contributed by atoms with Crippen LogP contribution in [0.3, 0.4) is 0 Å². The molecular formula is C71H43N5O. The Kier molecular flexibility index (Phi) is 9.53. The van der Waals surface area contributed by atoms with Gasteiger partial charge in [0.2, 0.25) is 5.95 Å². The summed E-state index contributed by atoms with van der Waals surface area (Å²) in [5.74, 6) is 1.64. The maximum absolute atomic E-state index is 6.48. The summed E-state index contributed by atoms with van der Waals surface area (Å²) in [6.45, 7) is 0. The lowest BCUT2D eigenvalue weighted by atomic mass is 9.95. The highest BCUT2D eigenvalue weighted by atomic mass is 16.3. The number of para-hydroxylation sites is 2. The molecule has 0 saturated carbocycles. The summed E-state index contributed by atoms with van der Waals surface area (Å²) in [7, 11) is 0. The van der Waals surface area contributed by atoms with Gasteiger partial charge in [-0.05, 0) is 104 Å². The van der Waals surface area contributed by atoms with Crippen LogP contribution >= 0.6 is 0 Å². The molecule has 0 aliphatic rings. The number of aromatic nitrogens is 5. The summed E-state index contributed by atoms with van der Waals surface area (Å²) in [5.41, 5.74) is 15.6. The van der Waals surface area contributed by atoms with E-state index in [-0.39, 0.29) is 0 Å². The van der Waals surface area contributed by atoms with Crippen molar-refractivity contribution in [1.82, 2.24) is 24.1 Å². The molecule has 0 bridgehead atoms. The maximum Gasteiger partial charge on any atom is 0.238 e. The fourth-order valence-electron chi connectivity index (χ4n) is 12.1. The minimum Gasteiger partial charge on any atom is -0.456 e. The van der Waals surface area contributed by atoms with Gasteiger partial charge in [0.25, 0.3) is 0 Å². The molecule has 4 heterocycles. The highest BCUT2D eigenvalue weighted by Gasteiger charge is 2.26. The van der Waals surface area contributed by atoms with Crippen LogP contribution in [-0.4, -0.2) is 24.1 Å². The molecule has 0 spiro atoms. The van der Waals surface area contributed by atoms with E-state index in [1.165, 1.54) is 5.39 Å². The zero-order valence-corrected chi connectivity index (χ0v) is 41.5. The Morgan fingerprint density at radius 1 is 0.260 bits per heavy atom. The van der Waals surface area contributed by atoms with Gasteiger partial charge in [-0.2, -0.15) is 9.97 Å². The third kappa shape index (κ3) is 6.79. The summed E-state index contributed by atoms with van der Waals surface area (Å²) in [6.07, 6.45) is 0. The van der Waals surface area contributed by atoms with Crippen LogP contribution in [0.2, 0.25) is 0 Å². The molecule has 0 atom stereocenters. The lowest BCUT2D eigenvalue weighted by Crippen LogP contribution is -2.06. The van der Waals surface area contributed by atoms with Gasteiger partial charge < -0.3 is 8.98 Å². The smallest absolute Gasteiger partial charge is 0.238 e. The van der Waals surface area contributed by atoms with Crippen LogP contribution in [0.25, 0.3) is 155 Å². The van der Waals surface area contributed by atoms with Crippen LogP contribution in [-0.2, 0) is 0 Å². The molecule has 6 heteroatoms. The fourth-order valence-corrected chi connectivity index (χ4v) is 12.1. The molecule has 0 unspecified atom stereocenters. The van der Waals surface area contributed by atoms with Gasteiger partial charge in [0, 0.05) is 54.5 Å². The molecule has 77 heavy (non-hydrogen) atoms. The molecule has 0 N–H and O–H groups in total. The normalized spacial score (nSPS) is 11.9. The molecule has 0 amide bonds. The van der Waals surface area contributed by atoms with E-state index >= 15 is 0 Å². The monoisotopic (exact) mass is 981 g/mol. The Bertz CT molecular complexity index is 4960. The molecule has 0 aliphatic carbocycles. The van der Waals surface area contributed by atoms with Crippen molar-refractivity contribution in [3.8, 4) is 67.8 Å². The average molecular weight is 982 g/mol. The van der Waals surface area contributed by atoms with Gasteiger partial charge in [0.05, 0.1) is 22.1 Å². The van der Waals surface area contributed by atoms with E-state index in [0.29, 0.717) is 17.6 Å². The van der Waals surface area contributed by atoms with Crippen molar-refractivity contribution in [2.75, 3.05) is 0 Å². The molecular weight excluding hydrogens is 939 g/mol. The second-order valence-electron chi connectivity index (χ2n) is 19.9. The van der Waals surface area contributed by atoms with Crippen LogP contribution in [0, 0.1) is 0 Å². The van der Waals surface area contributed by atoms with E-state index in [9.17, 15) is 0 Å². The number of benzene rings is 12. The Morgan fingerprint density at radius 2 is 0.740 bits per heavy atom. The number of rotatable bonds is 7. The molecule has 6 nitrogen and oxygen atoms in total. The topological polar surface area (TPSA) is 61.7 Å². The standard InChI is InChI=1S/C71H43N5O/c1-4-18-44(19-5-1)47-32-34-48(35-33-47)69-72-70(49-36-37-56-55-26-15-17-31-63(55)77-64(56)43-49)74-71(73-69)76-62-39-38-61-65(67(62)66-57-27-12-10-24-53(57)54-25-11-13-28-58(54)68(66)76)59-29-14-16-30-60(59)75(61)52-41-50(45-20-6-2-7-21-45)40-51(42-52)46-22-8-3-9-23-46/h1-43H. The zero-order valence-electron chi connectivity index (χ0n) is 41.5. The van der Waals surface area contributed by atoms with Gasteiger partial charge >= 0.3 is 0 Å². The summed E-state index contributed by atoms with van der Waals surface area (Å²) >= 11 is 0. The average Bonchev–Trinajstić information content (AvgIpc) is 4.32. The molecule has 4 aromatic heterocycles. The van der Waals surface area contributed by atoms with Crippen molar-refractivity contribution in [1.29, 1.82) is 0 Å². The van der Waals surface area contributed by atoms with Crippen molar-refractivity contribution in [2.24, 2.45) is 0 Å². The zero-order chi connectivity index (χ0) is 50.6. The molecule has 12 aromatic carbocycles. The SMILES string of the molecule is c1ccc(-c2ccc(-c3nc(-c4ccc5c(c4)oc4ccccc45)nc(-n4c5ccc6c(c7ccccc7n6-c6cc(-c7ccccc7)cc(-c7ccccc7)c6)c5c5c6ccccc6c6ccccc6c54)n3)cc2)cc1. The summed E-state index contributed by atoms with van der Waals surface area (Å²) in [5, 5.41) is 11.3. The van der Waals surface area contributed by atoms with E-state index in [0.717, 1.165) is 132 Å². The largest absolute Gasteiger partial charge is 0.456 e. The number of fused-ring (bicyclic) bond motifs is 15. The van der Waals surface area contributed by atoms with Crippen LogP contribution in [0.15, 0.2) is 265 Å². The predicted molar refractivity (Wildman–Crippen MR) is 318 cm³/mol. The van der Waals surface area contributed by atoms with Gasteiger partial charge in [0.1, 0.15) is 11.2 Å². The highest BCUT2D eigenvalue weighted by molar-refractivity contribution is 6.38. The molecule has 358 valence electrons. The third-order valence-corrected chi connectivity index (χ3v) is 15.5. The van der Waals surface area contributed by atoms with Crippen molar-refractivity contribution in [2.45, 2.75) is 0 Å². The van der Waals surface area contributed by atoms with E-state index in [1.807, 2.05) is 24.3 Å². The number of nitrogens with zero attached hydrogens (tertiary/aromatic N) is 5. The first kappa shape index (κ1) is 43.0. The second kappa shape index (κ2) is 17.1. The fraction of sp³-hybridized carbons (Fsp3) is 0. The predicted octanol–water partition coefficient (Wildman–Crippen LogP) is 18.6. The summed E-state index contributed by atoms with van der Waals surface area (Å²) < 4.78 is 11.2. The van der Waals surface area contributed by atoms with Gasteiger partial charge in [-0.3, -0.25) is 4.57 Å². The van der Waals surface area contributed by atoms with Crippen LogP contribution in [0.1, 0.15) is 0 Å². The minimum atomic E-state index is 0.522. The Labute approximate surface area is 442 Å². The molecule has 0 aliphatic heterocycles. The quantitative estimate of drug-likeness (QED) is 0.149. The summed E-state index contributed by atoms with van der Waals surface area (Å²) in [4.78, 5) is 16.4. The van der Waals surface area contributed by atoms with Crippen molar-refractivity contribution in [3.05, 3.63) is 261 Å². The van der Waals surface area contributed by atoms with Gasteiger partial charge in [-0.15, -0.1) is 0 Å². The third-order valence-electron chi connectivity index (χ3n) is 15.5. The molecule has 0 radical (unpaired) electrons. The summed E-state index contributed by atoms with van der Waals surface area (Å²) in [6, 6.07) is 93.0. The van der Waals surface area contributed by atoms with Gasteiger partial charge in [-0.25, -0.2) is 4.98 Å². The first-order chi connectivity index (χ1) is 38.2. The Hall–Kier alpha value is -10.4. The van der Waals surface area contributed by atoms with E-state index in [1.54, 1.807) is 0 Å². The van der Waals surface area contributed by atoms with Crippen LogP contribution < -0.4 is 0 Å². The van der Waals surface area contributed by atoms with Crippen LogP contribution in [0.5, 0.6) is 0 Å². The number of furan rings is 1. The molecule has 16 aromatic rings. The van der Waals surface area contributed by atoms with E-state index in [4.69, 9.17) is 19.4 Å². The van der Waals surface area contributed by atoms with Crippen molar-refractivity contribution in [3.63, 3.8) is 0 Å². The maximum atomic E-state index is 6.48. The van der Waals surface area contributed by atoms with Crippen molar-refractivity contribution >= 4 is 87.1 Å². The van der Waals surface area contributed by atoms with E-state index < -0.39 is 0 Å². The first-order valence-corrected chi connectivity index (χ1v) is 26.1.